The largest absolute Gasteiger partial charge is 0.476 e. The summed E-state index contributed by atoms with van der Waals surface area (Å²) >= 11 is 1.45. The van der Waals surface area contributed by atoms with Crippen LogP contribution in [0.1, 0.15) is 48.0 Å². The molecule has 4 unspecified atom stereocenters. The number of aryl methyl sites for hydroxylation is 1. The van der Waals surface area contributed by atoms with Crippen molar-refractivity contribution in [2.75, 3.05) is 5.32 Å². The molecule has 2 aliphatic carbocycles. The van der Waals surface area contributed by atoms with Gasteiger partial charge in [0.05, 0.1) is 0 Å². The minimum absolute atomic E-state index is 0.188. The Morgan fingerprint density at radius 1 is 1.47 bits per heavy atom. The van der Waals surface area contributed by atoms with E-state index in [0.717, 1.165) is 27.8 Å². The Morgan fingerprint density at radius 2 is 2.26 bits per heavy atom. The first kappa shape index (κ1) is 12.9. The van der Waals surface area contributed by atoms with Gasteiger partial charge in [-0.2, -0.15) is 0 Å². The molecule has 104 valence electrons. The smallest absolute Gasteiger partial charge is 0.355 e. The summed E-state index contributed by atoms with van der Waals surface area (Å²) in [7, 11) is 0. The summed E-state index contributed by atoms with van der Waals surface area (Å²) in [5.41, 5.74) is 0.188. The van der Waals surface area contributed by atoms with E-state index < -0.39 is 5.97 Å². The van der Waals surface area contributed by atoms with Gasteiger partial charge in [-0.25, -0.2) is 9.78 Å². The van der Waals surface area contributed by atoms with E-state index in [-0.39, 0.29) is 5.69 Å². The Bertz CT molecular complexity index is 500. The number of hydrogen-bond donors (Lipinski definition) is 2. The second-order valence-electron chi connectivity index (χ2n) is 6.00. The monoisotopic (exact) mass is 280 g/mol. The molecule has 0 aromatic carbocycles. The first-order valence-corrected chi connectivity index (χ1v) is 7.83. The topological polar surface area (TPSA) is 62.2 Å². The van der Waals surface area contributed by atoms with E-state index in [1.54, 1.807) is 0 Å². The predicted molar refractivity (Wildman–Crippen MR) is 75.8 cm³/mol. The maximum absolute atomic E-state index is 11.0. The standard InChI is InChI=1S/C14H20N2O2S/c1-7(11-6-9-3-4-10(11)5-9)15-14-16-12(13(17)18)8(2)19-14/h7,9-11H,3-6H2,1-2H3,(H,15,16)(H,17,18). The molecule has 2 N–H and O–H groups in total. The molecule has 4 atom stereocenters. The van der Waals surface area contributed by atoms with E-state index >= 15 is 0 Å². The van der Waals surface area contributed by atoms with E-state index in [4.69, 9.17) is 5.11 Å². The van der Waals surface area contributed by atoms with E-state index in [0.29, 0.717) is 6.04 Å². The molecule has 2 bridgehead atoms. The molecule has 0 amide bonds. The minimum atomic E-state index is -0.936. The number of carboxylic acids is 1. The molecule has 3 rings (SSSR count). The average Bonchev–Trinajstić information content (AvgIpc) is 3.03. The van der Waals surface area contributed by atoms with Gasteiger partial charge in [-0.05, 0) is 50.9 Å². The van der Waals surface area contributed by atoms with Gasteiger partial charge in [0.15, 0.2) is 10.8 Å². The van der Waals surface area contributed by atoms with Crippen molar-refractivity contribution in [1.29, 1.82) is 0 Å². The predicted octanol–water partition coefficient (Wildman–Crippen LogP) is 3.39. The van der Waals surface area contributed by atoms with E-state index in [9.17, 15) is 4.79 Å². The lowest BCUT2D eigenvalue weighted by Gasteiger charge is -2.28. The van der Waals surface area contributed by atoms with Crippen molar-refractivity contribution in [3.8, 4) is 0 Å². The van der Waals surface area contributed by atoms with Crippen LogP contribution in [0.2, 0.25) is 0 Å². The molecule has 0 saturated heterocycles. The number of anilines is 1. The third-order valence-electron chi connectivity index (χ3n) is 4.79. The summed E-state index contributed by atoms with van der Waals surface area (Å²) in [4.78, 5) is 16.0. The number of aromatic carboxylic acids is 1. The average molecular weight is 280 g/mol. The van der Waals surface area contributed by atoms with E-state index in [2.05, 4.69) is 17.2 Å². The first-order chi connectivity index (χ1) is 9.04. The van der Waals surface area contributed by atoms with Crippen molar-refractivity contribution in [2.45, 2.75) is 45.6 Å². The van der Waals surface area contributed by atoms with Crippen LogP contribution in [0.15, 0.2) is 0 Å². The van der Waals surface area contributed by atoms with Gasteiger partial charge in [0.25, 0.3) is 0 Å². The molecule has 1 aromatic heterocycles. The van der Waals surface area contributed by atoms with E-state index in [1.807, 2.05) is 6.92 Å². The zero-order valence-electron chi connectivity index (χ0n) is 11.3. The maximum atomic E-state index is 11.0. The zero-order chi connectivity index (χ0) is 13.6. The van der Waals surface area contributed by atoms with Crippen molar-refractivity contribution < 1.29 is 9.90 Å². The van der Waals surface area contributed by atoms with Gasteiger partial charge >= 0.3 is 5.97 Å². The molecule has 0 aliphatic heterocycles. The number of hydrogen-bond acceptors (Lipinski definition) is 4. The molecule has 0 spiro atoms. The SMILES string of the molecule is Cc1sc(NC(C)C2CC3CCC2C3)nc1C(=O)O. The lowest BCUT2D eigenvalue weighted by molar-refractivity contribution is 0.0690. The van der Waals surface area contributed by atoms with Crippen molar-refractivity contribution >= 4 is 22.4 Å². The molecule has 2 saturated carbocycles. The fourth-order valence-corrected chi connectivity index (χ4v) is 4.77. The summed E-state index contributed by atoms with van der Waals surface area (Å²) < 4.78 is 0. The Morgan fingerprint density at radius 3 is 2.79 bits per heavy atom. The quantitative estimate of drug-likeness (QED) is 0.887. The fraction of sp³-hybridized carbons (Fsp3) is 0.714. The number of aromatic nitrogens is 1. The van der Waals surface area contributed by atoms with Crippen LogP contribution in [-0.2, 0) is 0 Å². The molecule has 4 nitrogen and oxygen atoms in total. The van der Waals surface area contributed by atoms with Crippen molar-refractivity contribution in [3.05, 3.63) is 10.6 Å². The number of carboxylic acid groups (broad SMARTS) is 1. The summed E-state index contributed by atoms with van der Waals surface area (Å²) in [5, 5.41) is 13.2. The van der Waals surface area contributed by atoms with Crippen LogP contribution in [-0.4, -0.2) is 22.1 Å². The number of nitrogens with zero attached hydrogens (tertiary/aromatic N) is 1. The second-order valence-corrected chi connectivity index (χ2v) is 7.20. The number of rotatable bonds is 4. The lowest BCUT2D eigenvalue weighted by Crippen LogP contribution is -2.29. The number of nitrogens with one attached hydrogen (secondary N) is 1. The Hall–Kier alpha value is -1.10. The van der Waals surface area contributed by atoms with Crippen molar-refractivity contribution in [3.63, 3.8) is 0 Å². The molecule has 0 radical (unpaired) electrons. The van der Waals surface area contributed by atoms with Gasteiger partial charge in [-0.15, -0.1) is 11.3 Å². The Kier molecular flexibility index (Phi) is 3.25. The molecular weight excluding hydrogens is 260 g/mol. The van der Waals surface area contributed by atoms with Crippen LogP contribution in [0.5, 0.6) is 0 Å². The zero-order valence-corrected chi connectivity index (χ0v) is 12.2. The highest BCUT2D eigenvalue weighted by Crippen LogP contribution is 2.49. The minimum Gasteiger partial charge on any atom is -0.476 e. The van der Waals surface area contributed by atoms with Crippen LogP contribution in [0.3, 0.4) is 0 Å². The Balaban J connectivity index is 1.68. The van der Waals surface area contributed by atoms with Gasteiger partial charge < -0.3 is 10.4 Å². The van der Waals surface area contributed by atoms with Crippen molar-refractivity contribution in [1.82, 2.24) is 4.98 Å². The third-order valence-corrected chi connectivity index (χ3v) is 5.69. The normalized spacial score (nSPS) is 30.5. The third kappa shape index (κ3) is 2.36. The van der Waals surface area contributed by atoms with Crippen LogP contribution in [0, 0.1) is 24.7 Å². The molecule has 2 fully saturated rings. The molecule has 19 heavy (non-hydrogen) atoms. The maximum Gasteiger partial charge on any atom is 0.355 e. The van der Waals surface area contributed by atoms with Crippen LogP contribution in [0.4, 0.5) is 5.13 Å². The van der Waals surface area contributed by atoms with E-state index in [1.165, 1.54) is 37.0 Å². The first-order valence-electron chi connectivity index (χ1n) is 7.02. The highest BCUT2D eigenvalue weighted by atomic mass is 32.1. The molecule has 1 heterocycles. The van der Waals surface area contributed by atoms with Crippen molar-refractivity contribution in [2.24, 2.45) is 17.8 Å². The summed E-state index contributed by atoms with van der Waals surface area (Å²) in [6, 6.07) is 0.391. The van der Waals surface area contributed by atoms with Crippen LogP contribution in [0.25, 0.3) is 0 Å². The molecule has 5 heteroatoms. The number of thiazole rings is 1. The molecule has 2 aliphatic rings. The van der Waals surface area contributed by atoms with Gasteiger partial charge in [0.2, 0.25) is 0 Å². The van der Waals surface area contributed by atoms with Gasteiger partial charge in [0, 0.05) is 10.9 Å². The second kappa shape index (κ2) is 4.78. The van der Waals surface area contributed by atoms with Gasteiger partial charge in [0.1, 0.15) is 0 Å². The molecular formula is C14H20N2O2S. The highest BCUT2D eigenvalue weighted by molar-refractivity contribution is 7.15. The number of fused-ring (bicyclic) bond motifs is 2. The summed E-state index contributed by atoms with van der Waals surface area (Å²) in [6.45, 7) is 4.02. The van der Waals surface area contributed by atoms with Gasteiger partial charge in [-0.1, -0.05) is 6.42 Å². The highest BCUT2D eigenvalue weighted by Gasteiger charge is 2.41. The van der Waals surface area contributed by atoms with Crippen LogP contribution < -0.4 is 5.32 Å². The van der Waals surface area contributed by atoms with Gasteiger partial charge in [-0.3, -0.25) is 0 Å². The Labute approximate surface area is 117 Å². The fourth-order valence-electron chi connectivity index (χ4n) is 3.86. The summed E-state index contributed by atoms with van der Waals surface area (Å²) in [6.07, 6.45) is 5.51. The van der Waals surface area contributed by atoms with Crippen LogP contribution >= 0.6 is 11.3 Å². The number of carbonyl (C=O) groups is 1. The summed E-state index contributed by atoms with van der Waals surface area (Å²) in [5.74, 6) is 1.60. The lowest BCUT2D eigenvalue weighted by atomic mass is 9.84. The molecule has 1 aromatic rings.